The van der Waals surface area contributed by atoms with Gasteiger partial charge in [-0.1, -0.05) is 23.7 Å². The molecule has 0 bridgehead atoms. The Kier molecular flexibility index (Phi) is 7.01. The second-order valence-electron chi connectivity index (χ2n) is 6.71. The van der Waals surface area contributed by atoms with Crippen LogP contribution < -0.4 is 5.32 Å². The zero-order valence-electron chi connectivity index (χ0n) is 14.2. The number of nitrogens with zero attached hydrogens (tertiary/aromatic N) is 1. The topological polar surface area (TPSA) is 33.7 Å². The third-order valence-corrected chi connectivity index (χ3v) is 5.23. The van der Waals surface area contributed by atoms with Gasteiger partial charge in [0, 0.05) is 23.7 Å². The van der Waals surface area contributed by atoms with Crippen LogP contribution in [0.5, 0.6) is 0 Å². The van der Waals surface area contributed by atoms with Crippen LogP contribution in [0.2, 0.25) is 5.02 Å². The molecule has 4 nitrogen and oxygen atoms in total. The van der Waals surface area contributed by atoms with Crippen LogP contribution in [0.4, 0.5) is 8.78 Å². The summed E-state index contributed by atoms with van der Waals surface area (Å²) < 4.78 is 34.9. The summed E-state index contributed by atoms with van der Waals surface area (Å²) in [6.45, 7) is 0.344. The van der Waals surface area contributed by atoms with Gasteiger partial charge in [0.05, 0.1) is 19.3 Å². The van der Waals surface area contributed by atoms with E-state index in [1.807, 2.05) is 24.3 Å². The smallest absolute Gasteiger partial charge is 0.345 e. The highest BCUT2D eigenvalue weighted by molar-refractivity contribution is 6.30. The van der Waals surface area contributed by atoms with E-state index in [1.54, 1.807) is 0 Å². The van der Waals surface area contributed by atoms with E-state index in [0.717, 1.165) is 37.4 Å². The Morgan fingerprint density at radius 1 is 1.24 bits per heavy atom. The van der Waals surface area contributed by atoms with Crippen LogP contribution in [0.15, 0.2) is 24.3 Å². The Morgan fingerprint density at radius 2 is 1.96 bits per heavy atom. The molecule has 2 aliphatic heterocycles. The Morgan fingerprint density at radius 3 is 2.64 bits per heavy atom. The van der Waals surface area contributed by atoms with Crippen LogP contribution in [-0.4, -0.2) is 62.5 Å². The standard InChI is InChI=1S/C18H25ClF2N2O2/c19-14-3-1-13(2-4-14)9-16-11-24-17(12-25-18(20)21)10-23(16)15-5-7-22-8-6-15/h1-4,15-18,22H,5-12H2/t16-,17+/m0/s1. The average molecular weight is 375 g/mol. The largest absolute Gasteiger partial charge is 0.373 e. The summed E-state index contributed by atoms with van der Waals surface area (Å²) in [7, 11) is 0. The molecule has 0 radical (unpaired) electrons. The van der Waals surface area contributed by atoms with E-state index >= 15 is 0 Å². The molecule has 2 heterocycles. The molecule has 3 rings (SSSR count). The summed E-state index contributed by atoms with van der Waals surface area (Å²) in [4.78, 5) is 2.44. The molecule has 1 aromatic carbocycles. The number of hydrogen-bond acceptors (Lipinski definition) is 4. The van der Waals surface area contributed by atoms with Gasteiger partial charge >= 0.3 is 6.61 Å². The van der Waals surface area contributed by atoms with Crippen molar-refractivity contribution in [2.75, 3.05) is 32.8 Å². The summed E-state index contributed by atoms with van der Waals surface area (Å²) in [5, 5.41) is 4.10. The summed E-state index contributed by atoms with van der Waals surface area (Å²) in [5.41, 5.74) is 1.21. The quantitative estimate of drug-likeness (QED) is 0.830. The van der Waals surface area contributed by atoms with Crippen LogP contribution in [0.25, 0.3) is 0 Å². The first-order valence-electron chi connectivity index (χ1n) is 8.84. The average Bonchev–Trinajstić information content (AvgIpc) is 2.63. The summed E-state index contributed by atoms with van der Waals surface area (Å²) in [6.07, 6.45) is 2.70. The van der Waals surface area contributed by atoms with Gasteiger partial charge in [0.1, 0.15) is 0 Å². The predicted molar refractivity (Wildman–Crippen MR) is 93.2 cm³/mol. The van der Waals surface area contributed by atoms with Crippen LogP contribution in [-0.2, 0) is 15.9 Å². The van der Waals surface area contributed by atoms with Crippen molar-refractivity contribution in [1.82, 2.24) is 10.2 Å². The van der Waals surface area contributed by atoms with E-state index in [1.165, 1.54) is 5.56 Å². The summed E-state index contributed by atoms with van der Waals surface area (Å²) in [5.74, 6) is 0. The molecule has 2 atom stereocenters. The second-order valence-corrected chi connectivity index (χ2v) is 7.15. The van der Waals surface area contributed by atoms with Gasteiger partial charge in [-0.05, 0) is 50.0 Å². The van der Waals surface area contributed by atoms with Crippen LogP contribution in [0, 0.1) is 0 Å². The van der Waals surface area contributed by atoms with Gasteiger partial charge in [0.15, 0.2) is 0 Å². The molecule has 2 saturated heterocycles. The SMILES string of the molecule is FC(F)OC[C@H]1CN(C2CCNCC2)[C@@H](Cc2ccc(Cl)cc2)CO1. The first kappa shape index (κ1) is 19.0. The van der Waals surface area contributed by atoms with Crippen molar-refractivity contribution >= 4 is 11.6 Å². The van der Waals surface area contributed by atoms with Crippen molar-refractivity contribution < 1.29 is 18.3 Å². The molecule has 1 N–H and O–H groups in total. The van der Waals surface area contributed by atoms with Gasteiger partial charge in [-0.3, -0.25) is 4.90 Å². The Bertz CT molecular complexity index is 526. The number of alkyl halides is 2. The first-order chi connectivity index (χ1) is 12.1. The lowest BCUT2D eigenvalue weighted by molar-refractivity contribution is -0.174. The Labute approximate surface area is 152 Å². The number of nitrogens with one attached hydrogen (secondary N) is 1. The van der Waals surface area contributed by atoms with E-state index in [0.29, 0.717) is 19.2 Å². The number of benzene rings is 1. The molecule has 1 aromatic rings. The lowest BCUT2D eigenvalue weighted by Crippen LogP contribution is -2.57. The van der Waals surface area contributed by atoms with Crippen molar-refractivity contribution in [3.63, 3.8) is 0 Å². The van der Waals surface area contributed by atoms with Crippen molar-refractivity contribution in [3.05, 3.63) is 34.9 Å². The highest BCUT2D eigenvalue weighted by atomic mass is 35.5. The molecule has 2 fully saturated rings. The van der Waals surface area contributed by atoms with E-state index in [9.17, 15) is 8.78 Å². The summed E-state index contributed by atoms with van der Waals surface area (Å²) >= 11 is 5.97. The molecule has 2 aliphatic rings. The van der Waals surface area contributed by atoms with Gasteiger partial charge < -0.3 is 14.8 Å². The molecule has 140 valence electrons. The number of piperidine rings is 1. The molecule has 0 spiro atoms. The van der Waals surface area contributed by atoms with E-state index in [2.05, 4.69) is 15.0 Å². The summed E-state index contributed by atoms with van der Waals surface area (Å²) in [6, 6.07) is 8.57. The number of morpholine rings is 1. The molecular formula is C18H25ClF2N2O2. The van der Waals surface area contributed by atoms with Crippen LogP contribution >= 0.6 is 11.6 Å². The van der Waals surface area contributed by atoms with Gasteiger partial charge in [-0.25, -0.2) is 0 Å². The fourth-order valence-corrected chi connectivity index (χ4v) is 3.84. The minimum Gasteiger partial charge on any atom is -0.373 e. The lowest BCUT2D eigenvalue weighted by atomic mass is 9.97. The second kappa shape index (κ2) is 9.24. The molecule has 0 amide bonds. The minimum atomic E-state index is -2.75. The van der Waals surface area contributed by atoms with Crippen molar-refractivity contribution in [1.29, 1.82) is 0 Å². The number of rotatable bonds is 6. The van der Waals surface area contributed by atoms with Gasteiger partial charge in [0.25, 0.3) is 0 Å². The van der Waals surface area contributed by atoms with Crippen molar-refractivity contribution in [2.45, 2.75) is 44.1 Å². The fourth-order valence-electron chi connectivity index (χ4n) is 3.71. The maximum atomic E-state index is 12.3. The van der Waals surface area contributed by atoms with Gasteiger partial charge in [0.2, 0.25) is 0 Å². The maximum absolute atomic E-state index is 12.3. The monoisotopic (exact) mass is 374 g/mol. The Balaban J connectivity index is 1.65. The normalized spacial score (nSPS) is 26.2. The number of hydrogen-bond donors (Lipinski definition) is 1. The minimum absolute atomic E-state index is 0.0627. The molecule has 0 saturated carbocycles. The highest BCUT2D eigenvalue weighted by Gasteiger charge is 2.34. The number of ether oxygens (including phenoxy) is 2. The van der Waals surface area contributed by atoms with Crippen molar-refractivity contribution in [3.8, 4) is 0 Å². The molecule has 0 aliphatic carbocycles. The van der Waals surface area contributed by atoms with Crippen LogP contribution in [0.1, 0.15) is 18.4 Å². The van der Waals surface area contributed by atoms with Gasteiger partial charge in [-0.2, -0.15) is 8.78 Å². The Hall–Kier alpha value is -0.790. The zero-order chi connectivity index (χ0) is 17.6. The molecule has 0 aromatic heterocycles. The zero-order valence-corrected chi connectivity index (χ0v) is 14.9. The lowest BCUT2D eigenvalue weighted by Gasteiger charge is -2.45. The maximum Gasteiger partial charge on any atom is 0.345 e. The highest BCUT2D eigenvalue weighted by Crippen LogP contribution is 2.24. The molecule has 0 unspecified atom stereocenters. The first-order valence-corrected chi connectivity index (χ1v) is 9.22. The molecular weight excluding hydrogens is 350 g/mol. The fraction of sp³-hybridized carbons (Fsp3) is 0.667. The third kappa shape index (κ3) is 5.59. The molecule has 7 heteroatoms. The number of halogens is 3. The van der Waals surface area contributed by atoms with E-state index in [-0.39, 0.29) is 18.8 Å². The van der Waals surface area contributed by atoms with Gasteiger partial charge in [-0.15, -0.1) is 0 Å². The van der Waals surface area contributed by atoms with Crippen LogP contribution in [0.3, 0.4) is 0 Å². The van der Waals surface area contributed by atoms with E-state index < -0.39 is 6.61 Å². The molecule has 25 heavy (non-hydrogen) atoms. The van der Waals surface area contributed by atoms with Crippen molar-refractivity contribution in [2.24, 2.45) is 0 Å². The predicted octanol–water partition coefficient (Wildman–Crippen LogP) is 2.94. The third-order valence-electron chi connectivity index (χ3n) is 4.98. The van der Waals surface area contributed by atoms with E-state index in [4.69, 9.17) is 16.3 Å².